The molecule has 1 aromatic heterocycles. The van der Waals surface area contributed by atoms with E-state index < -0.39 is 0 Å². The molecule has 0 aliphatic rings. The van der Waals surface area contributed by atoms with Crippen molar-refractivity contribution in [2.45, 2.75) is 40.0 Å². The van der Waals surface area contributed by atoms with Crippen LogP contribution in [0.1, 0.15) is 37.3 Å². The van der Waals surface area contributed by atoms with Crippen molar-refractivity contribution in [3.05, 3.63) is 16.1 Å². The highest BCUT2D eigenvalue weighted by Gasteiger charge is 2.07. The minimum atomic E-state index is 0.178. The molecule has 0 saturated heterocycles. The summed E-state index contributed by atoms with van der Waals surface area (Å²) in [5.74, 6) is 0.546. The van der Waals surface area contributed by atoms with Gasteiger partial charge in [-0.05, 0) is 19.8 Å². The molecule has 14 heavy (non-hydrogen) atoms. The summed E-state index contributed by atoms with van der Waals surface area (Å²) in [4.78, 5) is 16.8. The van der Waals surface area contributed by atoms with Crippen molar-refractivity contribution in [1.82, 2.24) is 4.98 Å². The molecule has 3 heteroatoms. The number of nitrogens with zero attached hydrogens (tertiary/aromatic N) is 1. The van der Waals surface area contributed by atoms with Gasteiger partial charge in [0.15, 0.2) is 0 Å². The fourth-order valence-electron chi connectivity index (χ4n) is 1.28. The molecule has 0 spiro atoms. The van der Waals surface area contributed by atoms with Crippen LogP contribution in [0.2, 0.25) is 0 Å². The quantitative estimate of drug-likeness (QED) is 0.749. The Morgan fingerprint density at radius 1 is 1.57 bits per heavy atom. The summed E-state index contributed by atoms with van der Waals surface area (Å²) in [5.41, 5.74) is 2.99. The van der Waals surface area contributed by atoms with Crippen LogP contribution in [0.5, 0.6) is 0 Å². The number of aryl methyl sites for hydroxylation is 2. The Labute approximate surface area is 89.4 Å². The van der Waals surface area contributed by atoms with Gasteiger partial charge in [-0.2, -0.15) is 0 Å². The number of hydrogen-bond donors (Lipinski definition) is 0. The molecule has 0 atom stereocenters. The Morgan fingerprint density at radius 2 is 2.29 bits per heavy atom. The van der Waals surface area contributed by atoms with E-state index in [4.69, 9.17) is 0 Å². The van der Waals surface area contributed by atoms with Gasteiger partial charge in [-0.15, -0.1) is 11.3 Å². The number of ketones is 1. The normalized spacial score (nSPS) is 10.9. The second kappa shape index (κ2) is 5.25. The number of hydrogen-bond acceptors (Lipinski definition) is 3. The molecule has 1 aromatic rings. The maximum absolute atomic E-state index is 11.3. The minimum Gasteiger partial charge on any atom is -0.299 e. The third-order valence-electron chi connectivity index (χ3n) is 2.32. The van der Waals surface area contributed by atoms with E-state index in [1.807, 2.05) is 26.3 Å². The van der Waals surface area contributed by atoms with Gasteiger partial charge in [0, 0.05) is 17.2 Å². The summed E-state index contributed by atoms with van der Waals surface area (Å²) in [7, 11) is 0. The second-order valence-corrected chi connectivity index (χ2v) is 4.77. The van der Waals surface area contributed by atoms with E-state index in [1.54, 1.807) is 11.3 Å². The molecule has 0 bridgehead atoms. The minimum absolute atomic E-state index is 0.178. The van der Waals surface area contributed by atoms with Crippen LogP contribution in [0, 0.1) is 12.8 Å². The molecule has 2 nitrogen and oxygen atoms in total. The molecule has 0 radical (unpaired) electrons. The first-order valence-electron chi connectivity index (χ1n) is 5.03. The zero-order valence-electron chi connectivity index (χ0n) is 9.04. The molecule has 0 fully saturated rings. The van der Waals surface area contributed by atoms with Crippen LogP contribution in [0.3, 0.4) is 0 Å². The van der Waals surface area contributed by atoms with Crippen molar-refractivity contribution in [3.8, 4) is 0 Å². The number of carbonyl (C=O) groups is 1. The molecule has 0 aromatic carbocycles. The van der Waals surface area contributed by atoms with Crippen molar-refractivity contribution in [3.63, 3.8) is 0 Å². The van der Waals surface area contributed by atoms with Gasteiger partial charge in [0.2, 0.25) is 0 Å². The largest absolute Gasteiger partial charge is 0.299 e. The van der Waals surface area contributed by atoms with Crippen LogP contribution in [0.15, 0.2) is 5.51 Å². The summed E-state index contributed by atoms with van der Waals surface area (Å²) < 4.78 is 0. The predicted octanol–water partition coefficient (Wildman–Crippen LogP) is 3.00. The van der Waals surface area contributed by atoms with E-state index >= 15 is 0 Å². The topological polar surface area (TPSA) is 30.0 Å². The van der Waals surface area contributed by atoms with Gasteiger partial charge < -0.3 is 0 Å². The van der Waals surface area contributed by atoms with E-state index in [0.717, 1.165) is 18.5 Å². The Hall–Kier alpha value is -0.700. The number of Topliss-reactive ketones (excluding diaryl/α,β-unsaturated/α-hetero) is 1. The van der Waals surface area contributed by atoms with Gasteiger partial charge in [0.25, 0.3) is 0 Å². The van der Waals surface area contributed by atoms with E-state index in [9.17, 15) is 4.79 Å². The van der Waals surface area contributed by atoms with Crippen molar-refractivity contribution in [2.75, 3.05) is 0 Å². The summed E-state index contributed by atoms with van der Waals surface area (Å²) >= 11 is 1.69. The van der Waals surface area contributed by atoms with Crippen LogP contribution in [-0.4, -0.2) is 10.8 Å². The third-order valence-corrected chi connectivity index (χ3v) is 3.31. The standard InChI is InChI=1S/C11H17NOS/c1-8(2)10(13)5-4-6-11-9(3)12-7-14-11/h7-8H,4-6H2,1-3H3. The second-order valence-electron chi connectivity index (χ2n) is 3.84. The Kier molecular flexibility index (Phi) is 4.26. The average molecular weight is 211 g/mol. The van der Waals surface area contributed by atoms with E-state index in [-0.39, 0.29) is 5.92 Å². The van der Waals surface area contributed by atoms with Crippen LogP contribution in [-0.2, 0) is 11.2 Å². The highest BCUT2D eigenvalue weighted by Crippen LogP contribution is 2.15. The fourth-order valence-corrected chi connectivity index (χ4v) is 2.10. The lowest BCUT2D eigenvalue weighted by Crippen LogP contribution is -2.06. The first-order valence-corrected chi connectivity index (χ1v) is 5.91. The molecule has 0 saturated carbocycles. The number of thiazole rings is 1. The zero-order valence-corrected chi connectivity index (χ0v) is 9.86. The van der Waals surface area contributed by atoms with Crippen LogP contribution >= 0.6 is 11.3 Å². The SMILES string of the molecule is Cc1ncsc1CCCC(=O)C(C)C. The van der Waals surface area contributed by atoms with Crippen LogP contribution in [0.25, 0.3) is 0 Å². The molecule has 0 aliphatic heterocycles. The maximum atomic E-state index is 11.3. The molecule has 0 aliphatic carbocycles. The highest BCUT2D eigenvalue weighted by molar-refractivity contribution is 7.09. The molecule has 78 valence electrons. The van der Waals surface area contributed by atoms with E-state index in [2.05, 4.69) is 4.98 Å². The number of rotatable bonds is 5. The third kappa shape index (κ3) is 3.22. The van der Waals surface area contributed by atoms with E-state index in [1.165, 1.54) is 4.88 Å². The average Bonchev–Trinajstić information content (AvgIpc) is 2.51. The highest BCUT2D eigenvalue weighted by atomic mass is 32.1. The molecular weight excluding hydrogens is 194 g/mol. The molecular formula is C11H17NOS. The zero-order chi connectivity index (χ0) is 10.6. The van der Waals surface area contributed by atoms with Gasteiger partial charge in [-0.25, -0.2) is 4.98 Å². The Balaban J connectivity index is 2.29. The number of aromatic nitrogens is 1. The van der Waals surface area contributed by atoms with Gasteiger partial charge in [-0.1, -0.05) is 13.8 Å². The van der Waals surface area contributed by atoms with Crippen molar-refractivity contribution < 1.29 is 4.79 Å². The summed E-state index contributed by atoms with van der Waals surface area (Å²) in [5, 5.41) is 0. The molecule has 0 N–H and O–H groups in total. The lowest BCUT2D eigenvalue weighted by atomic mass is 10.0. The Bertz CT molecular complexity index is 304. The maximum Gasteiger partial charge on any atom is 0.135 e. The van der Waals surface area contributed by atoms with Crippen molar-refractivity contribution in [2.24, 2.45) is 5.92 Å². The van der Waals surface area contributed by atoms with Crippen LogP contribution < -0.4 is 0 Å². The lowest BCUT2D eigenvalue weighted by Gasteiger charge is -2.02. The van der Waals surface area contributed by atoms with E-state index in [0.29, 0.717) is 12.2 Å². The summed E-state index contributed by atoms with van der Waals surface area (Å²) in [6.45, 7) is 5.94. The van der Waals surface area contributed by atoms with Crippen molar-refractivity contribution >= 4 is 17.1 Å². The molecule has 0 unspecified atom stereocenters. The summed E-state index contributed by atoms with van der Waals surface area (Å²) in [6, 6.07) is 0. The fraction of sp³-hybridized carbons (Fsp3) is 0.636. The van der Waals surface area contributed by atoms with Gasteiger partial charge in [0.05, 0.1) is 11.2 Å². The molecule has 1 rings (SSSR count). The smallest absolute Gasteiger partial charge is 0.135 e. The van der Waals surface area contributed by atoms with Gasteiger partial charge in [0.1, 0.15) is 5.78 Å². The molecule has 0 amide bonds. The van der Waals surface area contributed by atoms with Crippen molar-refractivity contribution in [1.29, 1.82) is 0 Å². The lowest BCUT2D eigenvalue weighted by molar-refractivity contribution is -0.121. The first-order chi connectivity index (χ1) is 6.61. The van der Waals surface area contributed by atoms with Gasteiger partial charge in [-0.3, -0.25) is 4.79 Å². The number of carbonyl (C=O) groups excluding carboxylic acids is 1. The molecule has 1 heterocycles. The van der Waals surface area contributed by atoms with Gasteiger partial charge >= 0.3 is 0 Å². The Morgan fingerprint density at radius 3 is 2.79 bits per heavy atom. The predicted molar refractivity (Wildman–Crippen MR) is 59.6 cm³/mol. The summed E-state index contributed by atoms with van der Waals surface area (Å²) in [6.07, 6.45) is 2.66. The van der Waals surface area contributed by atoms with Crippen LogP contribution in [0.4, 0.5) is 0 Å². The monoisotopic (exact) mass is 211 g/mol. The first kappa shape index (κ1) is 11.4.